The number of carbonyl (C=O) groups is 1. The predicted molar refractivity (Wildman–Crippen MR) is 89.5 cm³/mol. The Morgan fingerprint density at radius 3 is 2.64 bits per heavy atom. The Kier molecular flexibility index (Phi) is 5.66. The van der Waals surface area contributed by atoms with E-state index in [0.29, 0.717) is 23.7 Å². The molecule has 22 heavy (non-hydrogen) atoms. The van der Waals surface area contributed by atoms with Gasteiger partial charge in [0.25, 0.3) is 0 Å². The van der Waals surface area contributed by atoms with E-state index in [1.54, 1.807) is 32.4 Å². The Balaban J connectivity index is 1.97. The van der Waals surface area contributed by atoms with Crippen molar-refractivity contribution in [1.82, 2.24) is 5.32 Å². The summed E-state index contributed by atoms with van der Waals surface area (Å²) in [6, 6.07) is 12.7. The number of carbonyl (C=O) groups excluding carboxylic acids is 1. The summed E-state index contributed by atoms with van der Waals surface area (Å²) >= 11 is 3.40. The third-order valence-electron chi connectivity index (χ3n) is 3.00. The Morgan fingerprint density at radius 1 is 1.14 bits per heavy atom. The molecule has 0 saturated heterocycles. The molecule has 0 aliphatic heterocycles. The standard InChI is InChI=1S/C16H17BrN2O3/c1-21-13-6-7-14(15(9-13)22-2)19-16(20)18-10-11-4-3-5-12(17)8-11/h3-9H,10H2,1-2H3,(H2,18,19,20). The van der Waals surface area contributed by atoms with E-state index in [1.165, 1.54) is 0 Å². The summed E-state index contributed by atoms with van der Waals surface area (Å²) in [5.74, 6) is 1.20. The van der Waals surface area contributed by atoms with Crippen molar-refractivity contribution in [3.63, 3.8) is 0 Å². The average molecular weight is 365 g/mol. The van der Waals surface area contributed by atoms with Gasteiger partial charge in [-0.2, -0.15) is 0 Å². The lowest BCUT2D eigenvalue weighted by atomic mass is 10.2. The molecule has 0 atom stereocenters. The number of amides is 2. The third kappa shape index (κ3) is 4.39. The van der Waals surface area contributed by atoms with Crippen LogP contribution in [0.2, 0.25) is 0 Å². The molecule has 2 N–H and O–H groups in total. The van der Waals surface area contributed by atoms with Gasteiger partial charge in [0.05, 0.1) is 19.9 Å². The van der Waals surface area contributed by atoms with Crippen LogP contribution in [0.4, 0.5) is 10.5 Å². The van der Waals surface area contributed by atoms with Crippen molar-refractivity contribution in [3.05, 3.63) is 52.5 Å². The minimum Gasteiger partial charge on any atom is -0.497 e. The van der Waals surface area contributed by atoms with Gasteiger partial charge in [-0.25, -0.2) is 4.79 Å². The molecule has 0 saturated carbocycles. The van der Waals surface area contributed by atoms with Crippen LogP contribution in [0.25, 0.3) is 0 Å². The van der Waals surface area contributed by atoms with Gasteiger partial charge in [0.2, 0.25) is 0 Å². The summed E-state index contributed by atoms with van der Waals surface area (Å²) in [4.78, 5) is 12.0. The smallest absolute Gasteiger partial charge is 0.319 e. The van der Waals surface area contributed by atoms with Crippen LogP contribution in [0.5, 0.6) is 11.5 Å². The topological polar surface area (TPSA) is 59.6 Å². The largest absolute Gasteiger partial charge is 0.497 e. The maximum absolute atomic E-state index is 12.0. The molecule has 2 aromatic rings. The number of hydrogen-bond acceptors (Lipinski definition) is 3. The lowest BCUT2D eigenvalue weighted by Gasteiger charge is -2.12. The van der Waals surface area contributed by atoms with Crippen molar-refractivity contribution < 1.29 is 14.3 Å². The SMILES string of the molecule is COc1ccc(NC(=O)NCc2cccc(Br)c2)c(OC)c1. The zero-order valence-electron chi connectivity index (χ0n) is 12.4. The van der Waals surface area contributed by atoms with E-state index < -0.39 is 0 Å². The van der Waals surface area contributed by atoms with Crippen LogP contribution >= 0.6 is 15.9 Å². The number of nitrogens with one attached hydrogen (secondary N) is 2. The molecule has 0 aliphatic carbocycles. The molecule has 0 unspecified atom stereocenters. The molecular formula is C16H17BrN2O3. The van der Waals surface area contributed by atoms with Crippen LogP contribution in [0.3, 0.4) is 0 Å². The summed E-state index contributed by atoms with van der Waals surface area (Å²) < 4.78 is 11.3. The van der Waals surface area contributed by atoms with Crippen LogP contribution < -0.4 is 20.1 Å². The van der Waals surface area contributed by atoms with Gasteiger partial charge in [0, 0.05) is 17.1 Å². The van der Waals surface area contributed by atoms with E-state index in [2.05, 4.69) is 26.6 Å². The quantitative estimate of drug-likeness (QED) is 0.848. The molecule has 0 fully saturated rings. The van der Waals surface area contributed by atoms with Gasteiger partial charge in [-0.05, 0) is 29.8 Å². The van der Waals surface area contributed by atoms with Gasteiger partial charge in [-0.15, -0.1) is 0 Å². The van der Waals surface area contributed by atoms with E-state index >= 15 is 0 Å². The highest BCUT2D eigenvalue weighted by molar-refractivity contribution is 9.10. The van der Waals surface area contributed by atoms with Crippen molar-refractivity contribution in [2.75, 3.05) is 19.5 Å². The van der Waals surface area contributed by atoms with Crippen molar-refractivity contribution in [2.45, 2.75) is 6.54 Å². The second-order valence-electron chi connectivity index (χ2n) is 4.50. The lowest BCUT2D eigenvalue weighted by Crippen LogP contribution is -2.28. The first-order valence-corrected chi connectivity index (χ1v) is 7.43. The summed E-state index contributed by atoms with van der Waals surface area (Å²) in [6.45, 7) is 0.434. The zero-order valence-corrected chi connectivity index (χ0v) is 13.9. The van der Waals surface area contributed by atoms with E-state index in [4.69, 9.17) is 9.47 Å². The molecule has 6 heteroatoms. The van der Waals surface area contributed by atoms with Gasteiger partial charge in [0.1, 0.15) is 11.5 Å². The first-order chi connectivity index (χ1) is 10.6. The number of rotatable bonds is 5. The first kappa shape index (κ1) is 16.2. The molecule has 0 spiro atoms. The van der Waals surface area contributed by atoms with Crippen LogP contribution in [0.15, 0.2) is 46.9 Å². The van der Waals surface area contributed by atoms with Gasteiger partial charge in [-0.1, -0.05) is 28.1 Å². The number of halogens is 1. The number of hydrogen-bond donors (Lipinski definition) is 2. The molecule has 0 radical (unpaired) electrons. The van der Waals surface area contributed by atoms with Crippen LogP contribution in [-0.4, -0.2) is 20.3 Å². The number of urea groups is 1. The number of ether oxygens (including phenoxy) is 2. The molecule has 0 heterocycles. The normalized spacial score (nSPS) is 9.95. The van der Waals surface area contributed by atoms with Crippen LogP contribution in [0.1, 0.15) is 5.56 Å². The van der Waals surface area contributed by atoms with Gasteiger partial charge >= 0.3 is 6.03 Å². The molecule has 116 valence electrons. The van der Waals surface area contributed by atoms with Crippen molar-refractivity contribution in [1.29, 1.82) is 0 Å². The van der Waals surface area contributed by atoms with Crippen molar-refractivity contribution in [3.8, 4) is 11.5 Å². The lowest BCUT2D eigenvalue weighted by molar-refractivity contribution is 0.251. The summed E-state index contributed by atoms with van der Waals surface area (Å²) in [6.07, 6.45) is 0. The van der Waals surface area contributed by atoms with E-state index in [1.807, 2.05) is 24.3 Å². The van der Waals surface area contributed by atoms with Gasteiger partial charge in [-0.3, -0.25) is 0 Å². The third-order valence-corrected chi connectivity index (χ3v) is 3.49. The highest BCUT2D eigenvalue weighted by Crippen LogP contribution is 2.28. The highest BCUT2D eigenvalue weighted by atomic mass is 79.9. The first-order valence-electron chi connectivity index (χ1n) is 6.63. The number of methoxy groups -OCH3 is 2. The van der Waals surface area contributed by atoms with Crippen molar-refractivity contribution >= 4 is 27.6 Å². The van der Waals surface area contributed by atoms with Crippen molar-refractivity contribution in [2.24, 2.45) is 0 Å². The molecule has 0 aliphatic rings. The predicted octanol–water partition coefficient (Wildman–Crippen LogP) is 3.79. The minimum atomic E-state index is -0.302. The van der Waals surface area contributed by atoms with E-state index in [0.717, 1.165) is 10.0 Å². The average Bonchev–Trinajstić information content (AvgIpc) is 2.53. The maximum atomic E-state index is 12.0. The Bertz CT molecular complexity index is 662. The summed E-state index contributed by atoms with van der Waals surface area (Å²) in [5, 5.41) is 5.55. The second kappa shape index (κ2) is 7.70. The Hall–Kier alpha value is -2.21. The Morgan fingerprint density at radius 2 is 1.95 bits per heavy atom. The van der Waals surface area contributed by atoms with Crippen LogP contribution in [-0.2, 0) is 6.54 Å². The molecule has 2 amide bonds. The maximum Gasteiger partial charge on any atom is 0.319 e. The van der Waals surface area contributed by atoms with Gasteiger partial charge < -0.3 is 20.1 Å². The van der Waals surface area contributed by atoms with E-state index in [9.17, 15) is 4.79 Å². The minimum absolute atomic E-state index is 0.302. The highest BCUT2D eigenvalue weighted by Gasteiger charge is 2.08. The molecular weight excluding hydrogens is 348 g/mol. The summed E-state index contributed by atoms with van der Waals surface area (Å²) in [7, 11) is 3.12. The van der Waals surface area contributed by atoms with Gasteiger partial charge in [0.15, 0.2) is 0 Å². The fraction of sp³-hybridized carbons (Fsp3) is 0.188. The number of benzene rings is 2. The van der Waals surface area contributed by atoms with Crippen LogP contribution in [0, 0.1) is 0 Å². The fourth-order valence-corrected chi connectivity index (χ4v) is 2.34. The van der Waals surface area contributed by atoms with E-state index in [-0.39, 0.29) is 6.03 Å². The second-order valence-corrected chi connectivity index (χ2v) is 5.42. The fourth-order valence-electron chi connectivity index (χ4n) is 1.90. The zero-order chi connectivity index (χ0) is 15.9. The molecule has 2 rings (SSSR count). The molecule has 0 aromatic heterocycles. The monoisotopic (exact) mass is 364 g/mol. The molecule has 5 nitrogen and oxygen atoms in total. The number of anilines is 1. The summed E-state index contributed by atoms with van der Waals surface area (Å²) in [5.41, 5.74) is 1.58. The Labute approximate surface area is 137 Å². The molecule has 0 bridgehead atoms. The molecule has 2 aromatic carbocycles.